The normalized spacial score (nSPS) is 10.5. The van der Waals surface area contributed by atoms with Crippen LogP contribution in [0.5, 0.6) is 5.75 Å². The number of nitrogen functional groups attached to an aromatic ring is 1. The molecule has 0 aromatic heterocycles. The SMILES string of the molecule is COc1cc(CC(C)C)ccc1N. The summed E-state index contributed by atoms with van der Waals surface area (Å²) in [6, 6.07) is 5.96. The second kappa shape index (κ2) is 4.17. The second-order valence-electron chi connectivity index (χ2n) is 3.67. The Balaban J connectivity index is 2.86. The summed E-state index contributed by atoms with van der Waals surface area (Å²) < 4.78 is 5.14. The molecule has 0 spiro atoms. The third kappa shape index (κ3) is 2.65. The van der Waals surface area contributed by atoms with Crippen LogP contribution in [-0.4, -0.2) is 7.11 Å². The third-order valence-electron chi connectivity index (χ3n) is 1.94. The Morgan fingerprint density at radius 2 is 2.08 bits per heavy atom. The van der Waals surface area contributed by atoms with Crippen LogP contribution in [0.3, 0.4) is 0 Å². The first kappa shape index (κ1) is 9.90. The van der Waals surface area contributed by atoms with Crippen LogP contribution >= 0.6 is 0 Å². The quantitative estimate of drug-likeness (QED) is 0.723. The smallest absolute Gasteiger partial charge is 0.142 e. The number of methoxy groups -OCH3 is 1. The number of benzene rings is 1. The number of ether oxygens (including phenoxy) is 1. The van der Waals surface area contributed by atoms with Gasteiger partial charge in [0.1, 0.15) is 5.75 Å². The highest BCUT2D eigenvalue weighted by molar-refractivity contribution is 5.53. The van der Waals surface area contributed by atoms with E-state index in [-0.39, 0.29) is 0 Å². The molecule has 72 valence electrons. The summed E-state index contributed by atoms with van der Waals surface area (Å²) in [5.41, 5.74) is 7.69. The van der Waals surface area contributed by atoms with Crippen LogP contribution in [-0.2, 0) is 6.42 Å². The lowest BCUT2D eigenvalue weighted by Gasteiger charge is -2.08. The Bertz CT molecular complexity index is 281. The Labute approximate surface area is 79.7 Å². The molecule has 0 heterocycles. The van der Waals surface area contributed by atoms with Crippen molar-refractivity contribution in [3.8, 4) is 5.75 Å². The molecule has 0 saturated heterocycles. The van der Waals surface area contributed by atoms with Crippen molar-refractivity contribution >= 4 is 5.69 Å². The molecule has 1 aromatic rings. The second-order valence-corrected chi connectivity index (χ2v) is 3.67. The van der Waals surface area contributed by atoms with Gasteiger partial charge in [-0.1, -0.05) is 19.9 Å². The van der Waals surface area contributed by atoms with E-state index >= 15 is 0 Å². The van der Waals surface area contributed by atoms with Gasteiger partial charge in [0.05, 0.1) is 12.8 Å². The van der Waals surface area contributed by atoms with E-state index in [1.54, 1.807) is 7.11 Å². The van der Waals surface area contributed by atoms with E-state index in [1.807, 2.05) is 12.1 Å². The van der Waals surface area contributed by atoms with Gasteiger partial charge in [-0.3, -0.25) is 0 Å². The lowest BCUT2D eigenvalue weighted by atomic mass is 10.0. The first-order valence-electron chi connectivity index (χ1n) is 4.56. The van der Waals surface area contributed by atoms with Gasteiger partial charge in [0.25, 0.3) is 0 Å². The lowest BCUT2D eigenvalue weighted by molar-refractivity contribution is 0.416. The Kier molecular flexibility index (Phi) is 3.18. The van der Waals surface area contributed by atoms with Crippen LogP contribution in [0.15, 0.2) is 18.2 Å². The maximum absolute atomic E-state index is 5.71. The predicted molar refractivity (Wildman–Crippen MR) is 55.9 cm³/mol. The van der Waals surface area contributed by atoms with Crippen LogP contribution in [0, 0.1) is 5.92 Å². The molecule has 2 nitrogen and oxygen atoms in total. The van der Waals surface area contributed by atoms with E-state index in [2.05, 4.69) is 19.9 Å². The number of hydrogen-bond donors (Lipinski definition) is 1. The van der Waals surface area contributed by atoms with E-state index in [9.17, 15) is 0 Å². The first-order chi connectivity index (χ1) is 6.13. The minimum absolute atomic E-state index is 0.660. The molecule has 2 heteroatoms. The monoisotopic (exact) mass is 179 g/mol. The number of rotatable bonds is 3. The Morgan fingerprint density at radius 3 is 2.62 bits per heavy atom. The van der Waals surface area contributed by atoms with Crippen molar-refractivity contribution < 1.29 is 4.74 Å². The zero-order valence-corrected chi connectivity index (χ0v) is 8.50. The molecule has 1 aromatic carbocycles. The average Bonchev–Trinajstić information content (AvgIpc) is 2.07. The molecule has 0 bridgehead atoms. The van der Waals surface area contributed by atoms with Gasteiger partial charge in [-0.2, -0.15) is 0 Å². The minimum Gasteiger partial charge on any atom is -0.495 e. The average molecular weight is 179 g/mol. The molecule has 0 aliphatic rings. The fourth-order valence-electron chi connectivity index (χ4n) is 1.35. The van der Waals surface area contributed by atoms with Crippen LogP contribution in [0.4, 0.5) is 5.69 Å². The zero-order valence-electron chi connectivity index (χ0n) is 8.50. The van der Waals surface area contributed by atoms with Gasteiger partial charge in [-0.25, -0.2) is 0 Å². The topological polar surface area (TPSA) is 35.2 Å². The number of hydrogen-bond acceptors (Lipinski definition) is 2. The fourth-order valence-corrected chi connectivity index (χ4v) is 1.35. The van der Waals surface area contributed by atoms with Gasteiger partial charge in [0.2, 0.25) is 0 Å². The molecule has 2 N–H and O–H groups in total. The maximum Gasteiger partial charge on any atom is 0.142 e. The van der Waals surface area contributed by atoms with Crippen LogP contribution in [0.2, 0.25) is 0 Å². The van der Waals surface area contributed by atoms with E-state index < -0.39 is 0 Å². The highest BCUT2D eigenvalue weighted by Gasteiger charge is 2.02. The van der Waals surface area contributed by atoms with E-state index in [0.29, 0.717) is 11.6 Å². The summed E-state index contributed by atoms with van der Waals surface area (Å²) >= 11 is 0. The molecule has 13 heavy (non-hydrogen) atoms. The van der Waals surface area contributed by atoms with Gasteiger partial charge in [0.15, 0.2) is 0 Å². The molecule has 1 rings (SSSR count). The molecule has 0 unspecified atom stereocenters. The maximum atomic E-state index is 5.71. The van der Waals surface area contributed by atoms with Crippen molar-refractivity contribution in [2.75, 3.05) is 12.8 Å². The Morgan fingerprint density at radius 1 is 1.38 bits per heavy atom. The van der Waals surface area contributed by atoms with E-state index in [0.717, 1.165) is 12.2 Å². The van der Waals surface area contributed by atoms with Gasteiger partial charge in [0, 0.05) is 0 Å². The molecule has 0 fully saturated rings. The molecule has 0 atom stereocenters. The summed E-state index contributed by atoms with van der Waals surface area (Å²) in [4.78, 5) is 0. The van der Waals surface area contributed by atoms with Crippen LogP contribution < -0.4 is 10.5 Å². The summed E-state index contributed by atoms with van der Waals surface area (Å²) in [6.07, 6.45) is 1.07. The van der Waals surface area contributed by atoms with Crippen molar-refractivity contribution in [1.29, 1.82) is 0 Å². The summed E-state index contributed by atoms with van der Waals surface area (Å²) in [7, 11) is 1.64. The molecule has 0 aliphatic heterocycles. The van der Waals surface area contributed by atoms with Crippen LogP contribution in [0.25, 0.3) is 0 Å². The molecular weight excluding hydrogens is 162 g/mol. The van der Waals surface area contributed by atoms with Gasteiger partial charge >= 0.3 is 0 Å². The predicted octanol–water partition coefficient (Wildman–Crippen LogP) is 2.48. The van der Waals surface area contributed by atoms with Crippen molar-refractivity contribution in [3.63, 3.8) is 0 Å². The van der Waals surface area contributed by atoms with Gasteiger partial charge in [-0.15, -0.1) is 0 Å². The number of anilines is 1. The summed E-state index contributed by atoms with van der Waals surface area (Å²) in [6.45, 7) is 4.39. The highest BCUT2D eigenvalue weighted by Crippen LogP contribution is 2.23. The highest BCUT2D eigenvalue weighted by atomic mass is 16.5. The first-order valence-corrected chi connectivity index (χ1v) is 4.56. The summed E-state index contributed by atoms with van der Waals surface area (Å²) in [5.74, 6) is 1.44. The van der Waals surface area contributed by atoms with Gasteiger partial charge < -0.3 is 10.5 Å². The van der Waals surface area contributed by atoms with Crippen molar-refractivity contribution in [3.05, 3.63) is 23.8 Å². The third-order valence-corrected chi connectivity index (χ3v) is 1.94. The lowest BCUT2D eigenvalue weighted by Crippen LogP contribution is -1.97. The van der Waals surface area contributed by atoms with Crippen LogP contribution in [0.1, 0.15) is 19.4 Å². The van der Waals surface area contributed by atoms with E-state index in [4.69, 9.17) is 10.5 Å². The number of nitrogens with two attached hydrogens (primary N) is 1. The minimum atomic E-state index is 0.660. The summed E-state index contributed by atoms with van der Waals surface area (Å²) in [5, 5.41) is 0. The fraction of sp³-hybridized carbons (Fsp3) is 0.455. The molecule has 0 amide bonds. The van der Waals surface area contributed by atoms with Crippen molar-refractivity contribution in [1.82, 2.24) is 0 Å². The standard InChI is InChI=1S/C11H17NO/c1-8(2)6-9-4-5-10(12)11(7-9)13-3/h4-5,7-8H,6,12H2,1-3H3. The Hall–Kier alpha value is -1.18. The molecule has 0 radical (unpaired) electrons. The largest absolute Gasteiger partial charge is 0.495 e. The van der Waals surface area contributed by atoms with Gasteiger partial charge in [-0.05, 0) is 30.0 Å². The van der Waals surface area contributed by atoms with E-state index in [1.165, 1.54) is 5.56 Å². The van der Waals surface area contributed by atoms with Crippen molar-refractivity contribution in [2.24, 2.45) is 5.92 Å². The zero-order chi connectivity index (χ0) is 9.84. The molecule has 0 aliphatic carbocycles. The van der Waals surface area contributed by atoms with Crippen molar-refractivity contribution in [2.45, 2.75) is 20.3 Å². The molecular formula is C11H17NO. The molecule has 0 saturated carbocycles.